The Balaban J connectivity index is 2.04. The minimum atomic E-state index is -0.834. The molecule has 2 heterocycles. The second-order valence-electron chi connectivity index (χ2n) is 5.06. The van der Waals surface area contributed by atoms with Gasteiger partial charge >= 0.3 is 0 Å². The second kappa shape index (κ2) is 5.90. The van der Waals surface area contributed by atoms with Gasteiger partial charge in [0.2, 0.25) is 0 Å². The molecule has 6 heteroatoms. The fraction of sp³-hybridized carbons (Fsp3) is 0.500. The van der Waals surface area contributed by atoms with Crippen LogP contribution in [0.25, 0.3) is 11.0 Å². The highest BCUT2D eigenvalue weighted by atomic mass is 35.5. The Morgan fingerprint density at radius 3 is 2.75 bits per heavy atom. The van der Waals surface area contributed by atoms with E-state index < -0.39 is 11.6 Å². The van der Waals surface area contributed by atoms with E-state index in [-0.39, 0.29) is 11.4 Å². The van der Waals surface area contributed by atoms with E-state index in [2.05, 4.69) is 4.98 Å². The van der Waals surface area contributed by atoms with Crippen LogP contribution in [-0.2, 0) is 12.4 Å². The van der Waals surface area contributed by atoms with Crippen molar-refractivity contribution in [2.45, 2.75) is 25.3 Å². The van der Waals surface area contributed by atoms with Crippen LogP contribution in [0.2, 0.25) is 0 Å². The molecule has 1 aromatic carbocycles. The van der Waals surface area contributed by atoms with Crippen molar-refractivity contribution in [2.75, 3.05) is 11.5 Å². The van der Waals surface area contributed by atoms with Gasteiger partial charge in [0.15, 0.2) is 11.6 Å². The fourth-order valence-electron chi connectivity index (χ4n) is 2.69. The molecule has 3 rings (SSSR count). The normalized spacial score (nSPS) is 16.9. The summed E-state index contributed by atoms with van der Waals surface area (Å²) >= 11 is 7.86. The van der Waals surface area contributed by atoms with Gasteiger partial charge in [-0.2, -0.15) is 11.8 Å². The first-order valence-electron chi connectivity index (χ1n) is 6.67. The summed E-state index contributed by atoms with van der Waals surface area (Å²) in [5.74, 6) is 1.91. The molecular formula is C14H15ClF2N2S. The Bertz CT molecular complexity index is 623. The highest BCUT2D eigenvalue weighted by Crippen LogP contribution is 2.28. The van der Waals surface area contributed by atoms with E-state index in [0.29, 0.717) is 23.8 Å². The highest BCUT2D eigenvalue weighted by Gasteiger charge is 2.21. The predicted octanol–water partition coefficient (Wildman–Crippen LogP) is 4.20. The Kier molecular flexibility index (Phi) is 4.17. The van der Waals surface area contributed by atoms with Gasteiger partial charge in [0.05, 0.1) is 11.4 Å². The summed E-state index contributed by atoms with van der Waals surface area (Å²) in [6.45, 7) is 0.666. The van der Waals surface area contributed by atoms with E-state index in [4.69, 9.17) is 11.6 Å². The molecule has 0 bridgehead atoms. The lowest BCUT2D eigenvalue weighted by Crippen LogP contribution is -2.18. The standard InChI is InChI=1S/C14H15ClF2N2S/c15-7-12-18-11-2-1-10(16)13(17)14(11)19(12)8-9-3-5-20-6-4-9/h1-2,9H,3-8H2. The van der Waals surface area contributed by atoms with Gasteiger partial charge in [-0.05, 0) is 42.4 Å². The number of fused-ring (bicyclic) bond motifs is 1. The average Bonchev–Trinajstić information content (AvgIpc) is 2.83. The topological polar surface area (TPSA) is 17.8 Å². The van der Waals surface area contributed by atoms with Crippen molar-refractivity contribution < 1.29 is 8.78 Å². The first kappa shape index (κ1) is 14.1. The fourth-order valence-corrected chi connectivity index (χ4v) is 4.10. The summed E-state index contributed by atoms with van der Waals surface area (Å²) in [5.41, 5.74) is 0.726. The minimum Gasteiger partial charge on any atom is -0.324 e. The molecule has 1 aliphatic heterocycles. The third kappa shape index (κ3) is 2.53. The molecule has 20 heavy (non-hydrogen) atoms. The first-order valence-corrected chi connectivity index (χ1v) is 8.36. The van der Waals surface area contributed by atoms with Gasteiger partial charge in [0, 0.05) is 6.54 Å². The minimum absolute atomic E-state index is 0.206. The zero-order valence-electron chi connectivity index (χ0n) is 10.9. The van der Waals surface area contributed by atoms with Crippen molar-refractivity contribution in [3.05, 3.63) is 29.6 Å². The SMILES string of the molecule is Fc1ccc2nc(CCl)n(CC3CCSCC3)c2c1F. The smallest absolute Gasteiger partial charge is 0.184 e. The molecule has 1 fully saturated rings. The maximum Gasteiger partial charge on any atom is 0.184 e. The molecule has 1 aliphatic rings. The van der Waals surface area contributed by atoms with E-state index in [9.17, 15) is 8.78 Å². The second-order valence-corrected chi connectivity index (χ2v) is 6.55. The van der Waals surface area contributed by atoms with Crippen LogP contribution in [-0.4, -0.2) is 21.1 Å². The number of benzene rings is 1. The first-order chi connectivity index (χ1) is 9.70. The predicted molar refractivity (Wildman–Crippen MR) is 79.3 cm³/mol. The number of thioether (sulfide) groups is 1. The number of nitrogens with zero attached hydrogens (tertiary/aromatic N) is 2. The van der Waals surface area contributed by atoms with Gasteiger partial charge in [-0.3, -0.25) is 0 Å². The molecule has 0 N–H and O–H groups in total. The lowest BCUT2D eigenvalue weighted by Gasteiger charge is -2.22. The van der Waals surface area contributed by atoms with Crippen LogP contribution in [0, 0.1) is 17.6 Å². The third-order valence-corrected chi connectivity index (χ3v) is 5.07. The summed E-state index contributed by atoms with van der Waals surface area (Å²) in [6.07, 6.45) is 2.20. The van der Waals surface area contributed by atoms with Crippen LogP contribution in [0.15, 0.2) is 12.1 Å². The maximum absolute atomic E-state index is 14.1. The van der Waals surface area contributed by atoms with Crippen molar-refractivity contribution in [1.82, 2.24) is 9.55 Å². The molecule has 0 aliphatic carbocycles. The summed E-state index contributed by atoms with van der Waals surface area (Å²) in [7, 11) is 0. The molecule has 0 unspecified atom stereocenters. The zero-order chi connectivity index (χ0) is 14.1. The van der Waals surface area contributed by atoms with Gasteiger partial charge in [-0.1, -0.05) is 0 Å². The summed E-state index contributed by atoms with van der Waals surface area (Å²) in [5, 5.41) is 0. The van der Waals surface area contributed by atoms with Crippen LogP contribution in [0.3, 0.4) is 0 Å². The molecule has 0 atom stereocenters. The van der Waals surface area contributed by atoms with Gasteiger partial charge in [0.1, 0.15) is 11.3 Å². The van der Waals surface area contributed by atoms with Crippen molar-refractivity contribution in [2.24, 2.45) is 5.92 Å². The number of hydrogen-bond donors (Lipinski definition) is 0. The van der Waals surface area contributed by atoms with E-state index >= 15 is 0 Å². The lowest BCUT2D eigenvalue weighted by molar-refractivity contribution is 0.413. The summed E-state index contributed by atoms with van der Waals surface area (Å²) in [6, 6.07) is 2.63. The Hall–Kier alpha value is -0.810. The summed E-state index contributed by atoms with van der Waals surface area (Å²) in [4.78, 5) is 4.32. The Labute approximate surface area is 125 Å². The van der Waals surface area contributed by atoms with Crippen molar-refractivity contribution in [1.29, 1.82) is 0 Å². The van der Waals surface area contributed by atoms with Crippen molar-refractivity contribution in [3.8, 4) is 0 Å². The van der Waals surface area contributed by atoms with Gasteiger partial charge in [-0.15, -0.1) is 11.6 Å². The molecule has 1 saturated heterocycles. The van der Waals surface area contributed by atoms with Gasteiger partial charge < -0.3 is 4.57 Å². The van der Waals surface area contributed by atoms with Crippen LogP contribution >= 0.6 is 23.4 Å². The van der Waals surface area contributed by atoms with Crippen LogP contribution < -0.4 is 0 Å². The van der Waals surface area contributed by atoms with Gasteiger partial charge in [-0.25, -0.2) is 13.8 Å². The van der Waals surface area contributed by atoms with E-state index in [1.165, 1.54) is 6.07 Å². The number of rotatable bonds is 3. The number of halogens is 3. The zero-order valence-corrected chi connectivity index (χ0v) is 12.5. The molecule has 2 aromatic rings. The number of imidazole rings is 1. The molecule has 0 radical (unpaired) electrons. The van der Waals surface area contributed by atoms with E-state index in [0.717, 1.165) is 30.4 Å². The van der Waals surface area contributed by atoms with Crippen molar-refractivity contribution >= 4 is 34.4 Å². The third-order valence-electron chi connectivity index (χ3n) is 3.78. The van der Waals surface area contributed by atoms with Crippen LogP contribution in [0.1, 0.15) is 18.7 Å². The molecule has 0 spiro atoms. The number of aromatic nitrogens is 2. The van der Waals surface area contributed by atoms with Crippen LogP contribution in [0.5, 0.6) is 0 Å². The quantitative estimate of drug-likeness (QED) is 0.790. The number of hydrogen-bond acceptors (Lipinski definition) is 2. The molecular weight excluding hydrogens is 302 g/mol. The van der Waals surface area contributed by atoms with Crippen molar-refractivity contribution in [3.63, 3.8) is 0 Å². The average molecular weight is 317 g/mol. The Morgan fingerprint density at radius 1 is 1.30 bits per heavy atom. The van der Waals surface area contributed by atoms with E-state index in [1.807, 2.05) is 11.8 Å². The molecule has 108 valence electrons. The summed E-state index contributed by atoms with van der Waals surface area (Å²) < 4.78 is 29.3. The van der Waals surface area contributed by atoms with E-state index in [1.54, 1.807) is 4.57 Å². The largest absolute Gasteiger partial charge is 0.324 e. The van der Waals surface area contributed by atoms with Crippen LogP contribution in [0.4, 0.5) is 8.78 Å². The molecule has 0 amide bonds. The Morgan fingerprint density at radius 2 is 2.05 bits per heavy atom. The molecule has 1 aromatic heterocycles. The highest BCUT2D eigenvalue weighted by molar-refractivity contribution is 7.99. The van der Waals surface area contributed by atoms with Gasteiger partial charge in [0.25, 0.3) is 0 Å². The molecule has 0 saturated carbocycles. The monoisotopic (exact) mass is 316 g/mol. The maximum atomic E-state index is 14.1. The number of alkyl halides is 1. The molecule has 2 nitrogen and oxygen atoms in total. The lowest BCUT2D eigenvalue weighted by atomic mass is 10.0.